The van der Waals surface area contributed by atoms with Crippen molar-refractivity contribution in [2.75, 3.05) is 6.54 Å². The predicted octanol–water partition coefficient (Wildman–Crippen LogP) is 6.43. The minimum Gasteiger partial charge on any atom is -0.484 e. The van der Waals surface area contributed by atoms with Crippen LogP contribution in [0.3, 0.4) is 0 Å². The van der Waals surface area contributed by atoms with Crippen LogP contribution in [0.25, 0.3) is 0 Å². The Morgan fingerprint density at radius 1 is 1.13 bits per heavy atom. The van der Waals surface area contributed by atoms with Crippen molar-refractivity contribution in [2.24, 2.45) is 0 Å². The van der Waals surface area contributed by atoms with Gasteiger partial charge in [-0.3, -0.25) is 9.59 Å². The summed E-state index contributed by atoms with van der Waals surface area (Å²) in [4.78, 5) is 30.4. The Balaban J connectivity index is 1.45. The molecule has 1 N–H and O–H groups in total. The van der Waals surface area contributed by atoms with Crippen LogP contribution >= 0.6 is 11.8 Å². The van der Waals surface area contributed by atoms with Crippen LogP contribution in [-0.4, -0.2) is 27.8 Å². The second-order valence-corrected chi connectivity index (χ2v) is 10.5. The lowest BCUT2D eigenvalue weighted by Crippen LogP contribution is -2.23. The smallest absolute Gasteiger partial charge is 0.251 e. The number of Topliss-reactive ketones (excluding diaryl/α,β-unsaturated/α-hetero) is 1. The average Bonchev–Trinajstić information content (AvgIpc) is 3.49. The molecule has 1 aromatic heterocycles. The number of rotatable bonds is 11. The zero-order valence-electron chi connectivity index (χ0n) is 21.7. The predicted molar refractivity (Wildman–Crippen MR) is 154 cm³/mol. The molecule has 0 unspecified atom stereocenters. The normalized spacial score (nSPS) is 13.4. The third kappa shape index (κ3) is 6.49. The zero-order chi connectivity index (χ0) is 27.0. The summed E-state index contributed by atoms with van der Waals surface area (Å²) >= 11 is 1.64. The second-order valence-electron chi connectivity index (χ2n) is 9.44. The number of hydrogen-bond acceptors (Lipinski definition) is 5. The molecule has 0 saturated carbocycles. The van der Waals surface area contributed by atoms with E-state index in [4.69, 9.17) is 4.74 Å². The highest BCUT2D eigenvalue weighted by Gasteiger charge is 2.25. The van der Waals surface area contributed by atoms with Crippen molar-refractivity contribution in [2.45, 2.75) is 42.6 Å². The molecule has 4 aromatic rings. The Morgan fingerprint density at radius 3 is 2.79 bits per heavy atom. The van der Waals surface area contributed by atoms with E-state index in [0.717, 1.165) is 45.7 Å². The molecule has 6 nitrogen and oxygen atoms in total. The van der Waals surface area contributed by atoms with Gasteiger partial charge in [-0.25, -0.2) is 4.98 Å². The molecular formula is C32H31N3O3S. The lowest BCUT2D eigenvalue weighted by molar-refractivity contribution is 0.0954. The van der Waals surface area contributed by atoms with E-state index in [2.05, 4.69) is 29.0 Å². The van der Waals surface area contributed by atoms with E-state index in [-0.39, 0.29) is 17.8 Å². The van der Waals surface area contributed by atoms with Crippen LogP contribution < -0.4 is 10.1 Å². The van der Waals surface area contributed by atoms with Crippen LogP contribution in [0.4, 0.5) is 0 Å². The Hall–Kier alpha value is -4.10. The van der Waals surface area contributed by atoms with Crippen LogP contribution in [0, 0.1) is 0 Å². The third-order valence-corrected chi connectivity index (χ3v) is 7.80. The van der Waals surface area contributed by atoms with Gasteiger partial charge in [-0.2, -0.15) is 0 Å². The number of carbonyl (C=O) groups is 2. The number of aromatic nitrogens is 2. The molecule has 0 radical (unpaired) electrons. The van der Waals surface area contributed by atoms with E-state index in [1.807, 2.05) is 59.3 Å². The van der Waals surface area contributed by atoms with Crippen molar-refractivity contribution < 1.29 is 14.3 Å². The molecule has 0 spiro atoms. The highest BCUT2D eigenvalue weighted by atomic mass is 32.2. The lowest BCUT2D eigenvalue weighted by atomic mass is 9.87. The molecule has 0 bridgehead atoms. The standard InChI is InChI=1S/C32H31N3O3S/c1-2-16-34-32(37)24-10-6-11-25(19-24)39-21-28-26-12-7-13-29(36)27(26)14-15-30(28)38-31(20-35-18-17-33-22-35)23-8-4-3-5-9-23/h2-6,8-11,14-15,17-19,22,31H,1,7,12-13,16,20-21H2,(H,34,37)/t31-/m1/s1. The van der Waals surface area contributed by atoms with Crippen molar-refractivity contribution in [1.29, 1.82) is 0 Å². The summed E-state index contributed by atoms with van der Waals surface area (Å²) < 4.78 is 8.77. The molecule has 1 aliphatic rings. The van der Waals surface area contributed by atoms with Crippen LogP contribution in [-0.2, 0) is 18.7 Å². The van der Waals surface area contributed by atoms with E-state index in [1.54, 1.807) is 36.4 Å². The third-order valence-electron chi connectivity index (χ3n) is 6.78. The van der Waals surface area contributed by atoms with E-state index >= 15 is 0 Å². The fraction of sp³-hybridized carbons (Fsp3) is 0.219. The maximum absolute atomic E-state index is 12.8. The number of carbonyl (C=O) groups excluding carboxylic acids is 2. The number of thioether (sulfide) groups is 1. The lowest BCUT2D eigenvalue weighted by Gasteiger charge is -2.25. The van der Waals surface area contributed by atoms with Gasteiger partial charge in [0.05, 0.1) is 12.9 Å². The summed E-state index contributed by atoms with van der Waals surface area (Å²) in [7, 11) is 0. The molecule has 0 fully saturated rings. The molecule has 1 aliphatic carbocycles. The van der Waals surface area contributed by atoms with Crippen molar-refractivity contribution >= 4 is 23.5 Å². The number of imidazole rings is 1. The molecule has 198 valence electrons. The van der Waals surface area contributed by atoms with Gasteiger partial charge in [-0.05, 0) is 54.3 Å². The summed E-state index contributed by atoms with van der Waals surface area (Å²) in [6, 6.07) is 21.6. The first kappa shape index (κ1) is 26.5. The number of nitrogens with zero attached hydrogens (tertiary/aromatic N) is 2. The highest BCUT2D eigenvalue weighted by molar-refractivity contribution is 7.98. The number of hydrogen-bond donors (Lipinski definition) is 1. The van der Waals surface area contributed by atoms with Crippen LogP contribution in [0.2, 0.25) is 0 Å². The van der Waals surface area contributed by atoms with Crippen molar-refractivity contribution in [3.8, 4) is 5.75 Å². The summed E-state index contributed by atoms with van der Waals surface area (Å²) in [6.45, 7) is 4.68. The van der Waals surface area contributed by atoms with E-state index in [9.17, 15) is 9.59 Å². The maximum Gasteiger partial charge on any atom is 0.251 e. The van der Waals surface area contributed by atoms with E-state index < -0.39 is 0 Å². The van der Waals surface area contributed by atoms with E-state index in [0.29, 0.717) is 30.8 Å². The van der Waals surface area contributed by atoms with Gasteiger partial charge in [0, 0.05) is 52.7 Å². The summed E-state index contributed by atoms with van der Waals surface area (Å²) in [6.07, 6.45) is 9.17. The molecule has 3 aromatic carbocycles. The quantitative estimate of drug-likeness (QED) is 0.176. The van der Waals surface area contributed by atoms with Gasteiger partial charge < -0.3 is 14.6 Å². The minimum atomic E-state index is -0.238. The molecule has 0 aliphatic heterocycles. The van der Waals surface area contributed by atoms with Crippen molar-refractivity contribution in [3.63, 3.8) is 0 Å². The molecule has 1 amide bonds. The SMILES string of the molecule is C=CCNC(=O)c1cccc(SCc2c(O[C@H](Cn3ccnc3)c3ccccc3)ccc3c2CCCC3=O)c1. The monoisotopic (exact) mass is 537 g/mol. The number of nitrogens with one attached hydrogen (secondary N) is 1. The molecule has 7 heteroatoms. The van der Waals surface area contributed by atoms with Gasteiger partial charge >= 0.3 is 0 Å². The fourth-order valence-corrected chi connectivity index (χ4v) is 5.83. The first-order valence-corrected chi connectivity index (χ1v) is 14.1. The summed E-state index contributed by atoms with van der Waals surface area (Å²) in [5.74, 6) is 1.46. The Morgan fingerprint density at radius 2 is 2.00 bits per heavy atom. The van der Waals surface area contributed by atoms with Crippen LogP contribution in [0.1, 0.15) is 56.4 Å². The Labute approximate surface area is 233 Å². The maximum atomic E-state index is 12.8. The zero-order valence-corrected chi connectivity index (χ0v) is 22.5. The Kier molecular flexibility index (Phi) is 8.58. The molecule has 1 atom stereocenters. The molecule has 5 rings (SSSR count). The van der Waals surface area contributed by atoms with Gasteiger partial charge in [0.1, 0.15) is 11.9 Å². The van der Waals surface area contributed by atoms with Crippen molar-refractivity contribution in [1.82, 2.24) is 14.9 Å². The first-order chi connectivity index (χ1) is 19.1. The first-order valence-electron chi connectivity index (χ1n) is 13.1. The topological polar surface area (TPSA) is 73.2 Å². The highest BCUT2D eigenvalue weighted by Crippen LogP contribution is 2.38. The van der Waals surface area contributed by atoms with E-state index in [1.165, 1.54) is 0 Å². The van der Waals surface area contributed by atoms with Gasteiger partial charge in [0.2, 0.25) is 0 Å². The molecule has 39 heavy (non-hydrogen) atoms. The van der Waals surface area contributed by atoms with Crippen LogP contribution in [0.15, 0.2) is 103 Å². The molecule has 1 heterocycles. The average molecular weight is 538 g/mol. The number of fused-ring (bicyclic) bond motifs is 1. The van der Waals surface area contributed by atoms with Gasteiger partial charge in [-0.15, -0.1) is 18.3 Å². The number of ketones is 1. The number of ether oxygens (including phenoxy) is 1. The van der Waals surface area contributed by atoms with Gasteiger partial charge in [-0.1, -0.05) is 42.5 Å². The van der Waals surface area contributed by atoms with Gasteiger partial charge in [0.15, 0.2) is 5.78 Å². The second kappa shape index (κ2) is 12.6. The van der Waals surface area contributed by atoms with Crippen molar-refractivity contribution in [3.05, 3.63) is 126 Å². The summed E-state index contributed by atoms with van der Waals surface area (Å²) in [5, 5.41) is 2.83. The molecule has 0 saturated heterocycles. The summed E-state index contributed by atoms with van der Waals surface area (Å²) in [5.41, 5.74) is 4.58. The Bertz CT molecular complexity index is 1450. The largest absolute Gasteiger partial charge is 0.484 e. The number of amides is 1. The minimum absolute atomic E-state index is 0.130. The molecular weight excluding hydrogens is 506 g/mol. The fourth-order valence-electron chi connectivity index (χ4n) is 4.81. The van der Waals surface area contributed by atoms with Gasteiger partial charge in [0.25, 0.3) is 5.91 Å². The van der Waals surface area contributed by atoms with Crippen LogP contribution in [0.5, 0.6) is 5.75 Å². The number of benzene rings is 3.